The predicted octanol–water partition coefficient (Wildman–Crippen LogP) is 1.56. The molecule has 0 aromatic heterocycles. The van der Waals surface area contributed by atoms with E-state index in [2.05, 4.69) is 5.32 Å². The first-order chi connectivity index (χ1) is 9.00. The molecule has 19 heavy (non-hydrogen) atoms. The Morgan fingerprint density at radius 2 is 2.11 bits per heavy atom. The molecule has 2 unspecified atom stereocenters. The molecule has 2 fully saturated rings. The van der Waals surface area contributed by atoms with Crippen molar-refractivity contribution >= 4 is 5.97 Å². The average molecular weight is 271 g/mol. The molecule has 0 aromatic rings. The Bertz CT molecular complexity index is 322. The summed E-state index contributed by atoms with van der Waals surface area (Å²) in [6, 6.07) is 0.216. The molecule has 2 aliphatic rings. The Kier molecular flexibility index (Phi) is 4.48. The van der Waals surface area contributed by atoms with Crippen molar-refractivity contribution in [2.24, 2.45) is 0 Å². The van der Waals surface area contributed by atoms with Crippen LogP contribution in [0.2, 0.25) is 0 Å². The topological polar surface area (TPSA) is 67.8 Å². The summed E-state index contributed by atoms with van der Waals surface area (Å²) in [4.78, 5) is 11.4. The van der Waals surface area contributed by atoms with Gasteiger partial charge in [0.25, 0.3) is 0 Å². The second kappa shape index (κ2) is 5.77. The van der Waals surface area contributed by atoms with E-state index >= 15 is 0 Å². The van der Waals surface area contributed by atoms with E-state index in [0.29, 0.717) is 13.0 Å². The molecule has 1 spiro atoms. The Balaban J connectivity index is 1.99. The van der Waals surface area contributed by atoms with Crippen molar-refractivity contribution in [2.45, 2.75) is 63.1 Å². The first kappa shape index (κ1) is 14.8. The second-order valence-corrected chi connectivity index (χ2v) is 5.97. The normalized spacial score (nSPS) is 29.9. The molecule has 2 N–H and O–H groups in total. The first-order valence-corrected chi connectivity index (χ1v) is 7.22. The van der Waals surface area contributed by atoms with Crippen LogP contribution in [0.1, 0.15) is 46.0 Å². The molecule has 0 aliphatic carbocycles. The number of aliphatic carboxylic acids is 1. The highest BCUT2D eigenvalue weighted by Crippen LogP contribution is 2.35. The van der Waals surface area contributed by atoms with Gasteiger partial charge < -0.3 is 14.6 Å². The number of hydrogen-bond acceptors (Lipinski definition) is 4. The quantitative estimate of drug-likeness (QED) is 0.812. The molecule has 0 bridgehead atoms. The fourth-order valence-electron chi connectivity index (χ4n) is 3.01. The molecule has 0 aromatic carbocycles. The summed E-state index contributed by atoms with van der Waals surface area (Å²) in [5, 5.41) is 12.7. The summed E-state index contributed by atoms with van der Waals surface area (Å²) in [6.45, 7) is 5.87. The molecule has 0 amide bonds. The number of nitrogens with one attached hydrogen (secondary N) is 1. The van der Waals surface area contributed by atoms with Gasteiger partial charge in [-0.05, 0) is 39.0 Å². The van der Waals surface area contributed by atoms with Gasteiger partial charge in [0, 0.05) is 25.9 Å². The van der Waals surface area contributed by atoms with Crippen LogP contribution >= 0.6 is 0 Å². The fraction of sp³-hybridized carbons (Fsp3) is 0.929. The minimum absolute atomic E-state index is 0.0959. The summed E-state index contributed by atoms with van der Waals surface area (Å²) in [6.07, 6.45) is 4.18. The third-order valence-corrected chi connectivity index (χ3v) is 4.60. The van der Waals surface area contributed by atoms with Crippen LogP contribution in [0, 0.1) is 0 Å². The second-order valence-electron chi connectivity index (χ2n) is 5.97. The zero-order valence-electron chi connectivity index (χ0n) is 11.9. The predicted molar refractivity (Wildman–Crippen MR) is 71.2 cm³/mol. The highest BCUT2D eigenvalue weighted by atomic mass is 16.5. The van der Waals surface area contributed by atoms with E-state index in [0.717, 1.165) is 38.9 Å². The van der Waals surface area contributed by atoms with E-state index in [1.54, 1.807) is 6.92 Å². The van der Waals surface area contributed by atoms with Crippen molar-refractivity contribution in [3.63, 3.8) is 0 Å². The van der Waals surface area contributed by atoms with Gasteiger partial charge in [0.1, 0.15) is 5.54 Å². The highest BCUT2D eigenvalue weighted by molar-refractivity contribution is 5.78. The maximum atomic E-state index is 11.4. The molecular weight excluding hydrogens is 246 g/mol. The molecule has 2 heterocycles. The van der Waals surface area contributed by atoms with E-state index in [-0.39, 0.29) is 11.6 Å². The van der Waals surface area contributed by atoms with Crippen LogP contribution in [-0.4, -0.2) is 48.1 Å². The summed E-state index contributed by atoms with van der Waals surface area (Å²) in [7, 11) is 0. The Hall–Kier alpha value is -0.650. The summed E-state index contributed by atoms with van der Waals surface area (Å²) in [5.41, 5.74) is -0.935. The van der Waals surface area contributed by atoms with Crippen LogP contribution in [0.5, 0.6) is 0 Å². The van der Waals surface area contributed by atoms with E-state index in [4.69, 9.17) is 9.47 Å². The molecule has 2 rings (SSSR count). The average Bonchev–Trinajstić information content (AvgIpc) is 2.39. The molecule has 2 saturated heterocycles. The lowest BCUT2D eigenvalue weighted by Crippen LogP contribution is -2.58. The minimum atomic E-state index is -0.839. The van der Waals surface area contributed by atoms with Crippen molar-refractivity contribution < 1.29 is 19.4 Å². The van der Waals surface area contributed by atoms with Gasteiger partial charge in [0.2, 0.25) is 0 Å². The number of carboxylic acids is 1. The Morgan fingerprint density at radius 3 is 2.68 bits per heavy atom. The largest absolute Gasteiger partial charge is 0.480 e. The number of carboxylic acid groups (broad SMARTS) is 1. The van der Waals surface area contributed by atoms with Crippen LogP contribution in [0.25, 0.3) is 0 Å². The fourth-order valence-corrected chi connectivity index (χ4v) is 3.01. The Labute approximate surface area is 114 Å². The lowest BCUT2D eigenvalue weighted by molar-refractivity contribution is -0.152. The van der Waals surface area contributed by atoms with Crippen molar-refractivity contribution in [3.8, 4) is 0 Å². The van der Waals surface area contributed by atoms with Crippen LogP contribution in [0.3, 0.4) is 0 Å². The number of rotatable bonds is 4. The zero-order valence-corrected chi connectivity index (χ0v) is 11.9. The van der Waals surface area contributed by atoms with Crippen LogP contribution < -0.4 is 5.32 Å². The van der Waals surface area contributed by atoms with Gasteiger partial charge in [-0.25, -0.2) is 0 Å². The molecular formula is C14H25NO4. The zero-order chi connectivity index (χ0) is 13.9. The van der Waals surface area contributed by atoms with Gasteiger partial charge in [-0.3, -0.25) is 10.1 Å². The summed E-state index contributed by atoms with van der Waals surface area (Å²) in [5.74, 6) is -0.775. The molecule has 110 valence electrons. The van der Waals surface area contributed by atoms with Crippen LogP contribution in [0.4, 0.5) is 0 Å². The van der Waals surface area contributed by atoms with E-state index in [9.17, 15) is 9.90 Å². The van der Waals surface area contributed by atoms with Gasteiger partial charge in [-0.15, -0.1) is 0 Å². The van der Waals surface area contributed by atoms with E-state index in [1.807, 2.05) is 6.92 Å². The monoisotopic (exact) mass is 271 g/mol. The lowest BCUT2D eigenvalue weighted by Gasteiger charge is -2.45. The van der Waals surface area contributed by atoms with Gasteiger partial charge in [-0.2, -0.15) is 0 Å². The molecule has 5 heteroatoms. The maximum absolute atomic E-state index is 11.4. The van der Waals surface area contributed by atoms with Gasteiger partial charge >= 0.3 is 5.97 Å². The molecule has 2 aliphatic heterocycles. The molecule has 2 atom stereocenters. The van der Waals surface area contributed by atoms with E-state index < -0.39 is 11.5 Å². The number of ether oxygens (including phenoxy) is 2. The highest BCUT2D eigenvalue weighted by Gasteiger charge is 2.42. The minimum Gasteiger partial charge on any atom is -0.480 e. The number of carbonyl (C=O) groups is 1. The van der Waals surface area contributed by atoms with Crippen molar-refractivity contribution in [1.82, 2.24) is 5.32 Å². The van der Waals surface area contributed by atoms with Crippen LogP contribution in [0.15, 0.2) is 0 Å². The van der Waals surface area contributed by atoms with E-state index in [1.165, 1.54) is 0 Å². The Morgan fingerprint density at radius 1 is 1.42 bits per heavy atom. The smallest absolute Gasteiger partial charge is 0.323 e. The van der Waals surface area contributed by atoms with Gasteiger partial charge in [0.15, 0.2) is 0 Å². The molecule has 5 nitrogen and oxygen atoms in total. The SMILES string of the molecule is CCC(C)(NC1CCOC2(CCOCC2)C1)C(=O)O. The standard InChI is InChI=1S/C14H25NO4/c1-3-13(2,12(16)17)15-11-4-7-19-14(10-11)5-8-18-9-6-14/h11,15H,3-10H2,1-2H3,(H,16,17). The third-order valence-electron chi connectivity index (χ3n) is 4.60. The number of hydrogen-bond donors (Lipinski definition) is 2. The lowest BCUT2D eigenvalue weighted by atomic mass is 9.83. The third kappa shape index (κ3) is 3.27. The van der Waals surface area contributed by atoms with Crippen molar-refractivity contribution in [1.29, 1.82) is 0 Å². The maximum Gasteiger partial charge on any atom is 0.323 e. The van der Waals surface area contributed by atoms with Gasteiger partial charge in [0.05, 0.1) is 5.60 Å². The van der Waals surface area contributed by atoms with Gasteiger partial charge in [-0.1, -0.05) is 6.92 Å². The first-order valence-electron chi connectivity index (χ1n) is 7.22. The van der Waals surface area contributed by atoms with Crippen molar-refractivity contribution in [2.75, 3.05) is 19.8 Å². The van der Waals surface area contributed by atoms with Crippen LogP contribution in [-0.2, 0) is 14.3 Å². The molecule has 0 saturated carbocycles. The van der Waals surface area contributed by atoms with Crippen molar-refractivity contribution in [3.05, 3.63) is 0 Å². The summed E-state index contributed by atoms with van der Waals surface area (Å²) >= 11 is 0. The molecule has 0 radical (unpaired) electrons. The summed E-state index contributed by atoms with van der Waals surface area (Å²) < 4.78 is 11.4.